The summed E-state index contributed by atoms with van der Waals surface area (Å²) in [6.07, 6.45) is 3.39. The molecule has 1 aromatic heterocycles. The highest BCUT2D eigenvalue weighted by Gasteiger charge is 2.10. The number of hydrogen-bond donors (Lipinski definition) is 1. The minimum Gasteiger partial charge on any atom is -0.461 e. The zero-order valence-corrected chi connectivity index (χ0v) is 10.7. The Labute approximate surface area is 103 Å². The van der Waals surface area contributed by atoms with Gasteiger partial charge in [-0.15, -0.1) is 0 Å². The normalized spacial score (nSPS) is 13.1. The van der Waals surface area contributed by atoms with Crippen LogP contribution in [0.3, 0.4) is 0 Å². The van der Waals surface area contributed by atoms with Gasteiger partial charge >= 0.3 is 0 Å². The molecule has 0 unspecified atom stereocenters. The maximum atomic E-state index is 5.85. The minimum atomic E-state index is 0.533. The average molecular weight is 231 g/mol. The lowest BCUT2D eigenvalue weighted by atomic mass is 10.1. The number of fused-ring (bicyclic) bond motifs is 1. The molecule has 0 radical (unpaired) electrons. The maximum Gasteiger partial charge on any atom is 0.134 e. The van der Waals surface area contributed by atoms with Gasteiger partial charge in [-0.05, 0) is 25.1 Å². The number of rotatable bonds is 6. The van der Waals surface area contributed by atoms with E-state index < -0.39 is 0 Å². The van der Waals surface area contributed by atoms with E-state index in [4.69, 9.17) is 4.42 Å². The lowest BCUT2D eigenvalue weighted by molar-refractivity contribution is 0.440. The molecule has 2 aromatic rings. The molecule has 0 saturated heterocycles. The third kappa shape index (κ3) is 3.10. The van der Waals surface area contributed by atoms with Crippen LogP contribution in [-0.4, -0.2) is 12.6 Å². The first-order valence-electron chi connectivity index (χ1n) is 6.54. The Hall–Kier alpha value is -1.28. The molecule has 17 heavy (non-hydrogen) atoms. The molecule has 0 bridgehead atoms. The summed E-state index contributed by atoms with van der Waals surface area (Å²) in [5.74, 6) is 1.09. The first-order chi connectivity index (χ1) is 8.33. The van der Waals surface area contributed by atoms with Crippen molar-refractivity contribution in [2.75, 3.05) is 6.54 Å². The summed E-state index contributed by atoms with van der Waals surface area (Å²) in [5, 5.41) is 4.72. The molecule has 0 amide bonds. The van der Waals surface area contributed by atoms with E-state index in [-0.39, 0.29) is 0 Å². The van der Waals surface area contributed by atoms with Crippen LogP contribution < -0.4 is 5.32 Å². The maximum absolute atomic E-state index is 5.85. The molecule has 0 saturated carbocycles. The van der Waals surface area contributed by atoms with Crippen molar-refractivity contribution in [3.63, 3.8) is 0 Å². The Kier molecular flexibility index (Phi) is 4.21. The number of furan rings is 1. The van der Waals surface area contributed by atoms with Crippen LogP contribution in [0.2, 0.25) is 0 Å². The predicted octanol–water partition coefficient (Wildman–Crippen LogP) is 3.75. The summed E-state index contributed by atoms with van der Waals surface area (Å²) in [7, 11) is 0. The Balaban J connectivity index is 2.10. The summed E-state index contributed by atoms with van der Waals surface area (Å²) in [5.41, 5.74) is 0.995. The molecule has 0 fully saturated rings. The fraction of sp³-hybridized carbons (Fsp3) is 0.467. The second kappa shape index (κ2) is 5.87. The molecule has 92 valence electrons. The highest BCUT2D eigenvalue weighted by Crippen LogP contribution is 2.20. The number of hydrogen-bond acceptors (Lipinski definition) is 2. The van der Waals surface area contributed by atoms with Crippen LogP contribution in [0.25, 0.3) is 11.0 Å². The SMILES string of the molecule is CCC[C@H](Cc1cc2ccccc2o1)NCC. The van der Waals surface area contributed by atoms with Crippen LogP contribution in [0.4, 0.5) is 0 Å². The van der Waals surface area contributed by atoms with Crippen LogP contribution in [0, 0.1) is 0 Å². The Morgan fingerprint density at radius 1 is 1.24 bits per heavy atom. The molecule has 2 rings (SSSR count). The van der Waals surface area contributed by atoms with Crippen molar-refractivity contribution in [3.05, 3.63) is 36.1 Å². The monoisotopic (exact) mass is 231 g/mol. The van der Waals surface area contributed by atoms with Gasteiger partial charge in [0, 0.05) is 17.8 Å². The van der Waals surface area contributed by atoms with E-state index in [1.54, 1.807) is 0 Å². The highest BCUT2D eigenvalue weighted by atomic mass is 16.3. The summed E-state index contributed by atoms with van der Waals surface area (Å²) < 4.78 is 5.85. The number of para-hydroxylation sites is 1. The van der Waals surface area contributed by atoms with Gasteiger partial charge in [-0.3, -0.25) is 0 Å². The summed E-state index contributed by atoms with van der Waals surface area (Å²) in [6, 6.07) is 10.9. The molecule has 0 aliphatic carbocycles. The van der Waals surface area contributed by atoms with E-state index in [1.807, 2.05) is 12.1 Å². The molecule has 2 heteroatoms. The zero-order valence-electron chi connectivity index (χ0n) is 10.7. The van der Waals surface area contributed by atoms with Crippen molar-refractivity contribution in [2.45, 2.75) is 39.2 Å². The van der Waals surface area contributed by atoms with Gasteiger partial charge in [0.2, 0.25) is 0 Å². The standard InChI is InChI=1S/C15H21NO/c1-3-7-13(16-4-2)11-14-10-12-8-5-6-9-15(12)17-14/h5-6,8-10,13,16H,3-4,7,11H2,1-2H3/t13-/m1/s1. The van der Waals surface area contributed by atoms with Crippen LogP contribution in [0.1, 0.15) is 32.4 Å². The molecule has 1 heterocycles. The lowest BCUT2D eigenvalue weighted by Crippen LogP contribution is -2.30. The van der Waals surface area contributed by atoms with Crippen LogP contribution in [-0.2, 0) is 6.42 Å². The smallest absolute Gasteiger partial charge is 0.134 e. The van der Waals surface area contributed by atoms with Crippen LogP contribution in [0.15, 0.2) is 34.7 Å². The molecule has 1 atom stereocenters. The lowest BCUT2D eigenvalue weighted by Gasteiger charge is -2.15. The highest BCUT2D eigenvalue weighted by molar-refractivity contribution is 5.77. The topological polar surface area (TPSA) is 25.2 Å². The van der Waals surface area contributed by atoms with E-state index in [0.717, 1.165) is 24.3 Å². The Morgan fingerprint density at radius 3 is 2.76 bits per heavy atom. The molecule has 0 spiro atoms. The van der Waals surface area contributed by atoms with Gasteiger partial charge in [-0.2, -0.15) is 0 Å². The van der Waals surface area contributed by atoms with Gasteiger partial charge in [0.25, 0.3) is 0 Å². The Bertz CT molecular complexity index is 422. The zero-order chi connectivity index (χ0) is 12.1. The van der Waals surface area contributed by atoms with Crippen LogP contribution >= 0.6 is 0 Å². The van der Waals surface area contributed by atoms with E-state index in [0.29, 0.717) is 6.04 Å². The molecule has 0 aliphatic heterocycles. The van der Waals surface area contributed by atoms with Crippen molar-refractivity contribution in [1.29, 1.82) is 0 Å². The van der Waals surface area contributed by atoms with E-state index in [2.05, 4.69) is 37.4 Å². The second-order valence-corrected chi connectivity index (χ2v) is 4.50. The molecular weight excluding hydrogens is 210 g/mol. The summed E-state index contributed by atoms with van der Waals surface area (Å²) >= 11 is 0. The fourth-order valence-electron chi connectivity index (χ4n) is 2.29. The van der Waals surface area contributed by atoms with Gasteiger partial charge in [0.1, 0.15) is 11.3 Å². The van der Waals surface area contributed by atoms with Gasteiger partial charge < -0.3 is 9.73 Å². The summed E-state index contributed by atoms with van der Waals surface area (Å²) in [6.45, 7) is 5.40. The fourth-order valence-corrected chi connectivity index (χ4v) is 2.29. The van der Waals surface area contributed by atoms with E-state index >= 15 is 0 Å². The quantitative estimate of drug-likeness (QED) is 0.819. The third-order valence-corrected chi connectivity index (χ3v) is 3.05. The first kappa shape index (κ1) is 12.2. The molecular formula is C15H21NO. The van der Waals surface area contributed by atoms with Crippen LogP contribution in [0.5, 0.6) is 0 Å². The van der Waals surface area contributed by atoms with Crippen molar-refractivity contribution in [3.8, 4) is 0 Å². The third-order valence-electron chi connectivity index (χ3n) is 3.05. The van der Waals surface area contributed by atoms with Gasteiger partial charge in [0.15, 0.2) is 0 Å². The van der Waals surface area contributed by atoms with Crippen molar-refractivity contribution < 1.29 is 4.42 Å². The molecule has 1 N–H and O–H groups in total. The predicted molar refractivity (Wildman–Crippen MR) is 72.3 cm³/mol. The van der Waals surface area contributed by atoms with Gasteiger partial charge in [0.05, 0.1) is 0 Å². The van der Waals surface area contributed by atoms with Crippen molar-refractivity contribution in [1.82, 2.24) is 5.32 Å². The van der Waals surface area contributed by atoms with Gasteiger partial charge in [-0.1, -0.05) is 38.5 Å². The first-order valence-corrected chi connectivity index (χ1v) is 6.54. The average Bonchev–Trinajstić information content (AvgIpc) is 2.71. The van der Waals surface area contributed by atoms with Crippen molar-refractivity contribution in [2.24, 2.45) is 0 Å². The number of likely N-dealkylation sites (N-methyl/N-ethyl adjacent to an activating group) is 1. The number of benzene rings is 1. The second-order valence-electron chi connectivity index (χ2n) is 4.50. The molecule has 2 nitrogen and oxygen atoms in total. The van der Waals surface area contributed by atoms with E-state index in [9.17, 15) is 0 Å². The Morgan fingerprint density at radius 2 is 2.06 bits per heavy atom. The molecule has 1 aromatic carbocycles. The number of nitrogens with one attached hydrogen (secondary N) is 1. The minimum absolute atomic E-state index is 0.533. The van der Waals surface area contributed by atoms with E-state index in [1.165, 1.54) is 18.2 Å². The summed E-state index contributed by atoms with van der Waals surface area (Å²) in [4.78, 5) is 0. The van der Waals surface area contributed by atoms with Gasteiger partial charge in [-0.25, -0.2) is 0 Å². The molecule has 0 aliphatic rings. The van der Waals surface area contributed by atoms with Crippen molar-refractivity contribution >= 4 is 11.0 Å². The largest absolute Gasteiger partial charge is 0.461 e.